The third kappa shape index (κ3) is 5.10. The van der Waals surface area contributed by atoms with Gasteiger partial charge in [0.15, 0.2) is 0 Å². The molecule has 100 valence electrons. The Labute approximate surface area is 114 Å². The van der Waals surface area contributed by atoms with Crippen LogP contribution in [0.5, 0.6) is 0 Å². The van der Waals surface area contributed by atoms with Gasteiger partial charge in [-0.15, -0.1) is 0 Å². The fraction of sp³-hybridized carbons (Fsp3) is 0.500. The Bertz CT molecular complexity index is 380. The third-order valence-corrected chi connectivity index (χ3v) is 3.63. The van der Waals surface area contributed by atoms with Crippen LogP contribution in [0.1, 0.15) is 31.7 Å². The molecule has 4 heteroatoms. The van der Waals surface area contributed by atoms with Gasteiger partial charge in [0, 0.05) is 5.69 Å². The number of amides is 1. The van der Waals surface area contributed by atoms with Crippen LogP contribution in [-0.4, -0.2) is 24.0 Å². The summed E-state index contributed by atoms with van der Waals surface area (Å²) >= 11 is 1.63. The quantitative estimate of drug-likeness (QED) is 0.746. The van der Waals surface area contributed by atoms with Gasteiger partial charge >= 0.3 is 0 Å². The lowest BCUT2D eigenvalue weighted by atomic mass is 10.0. The summed E-state index contributed by atoms with van der Waals surface area (Å²) in [5.41, 5.74) is 7.51. The lowest BCUT2D eigenvalue weighted by Gasteiger charge is -2.13. The maximum absolute atomic E-state index is 11.8. The molecule has 1 aromatic rings. The average molecular weight is 266 g/mol. The first-order valence-electron chi connectivity index (χ1n) is 6.31. The number of carbonyl (C=O) groups excluding carboxylic acids is 1. The molecule has 0 heterocycles. The smallest absolute Gasteiger partial charge is 0.234 e. The second-order valence-corrected chi connectivity index (χ2v) is 5.59. The fourth-order valence-electron chi connectivity index (χ4n) is 1.65. The van der Waals surface area contributed by atoms with Crippen LogP contribution in [0.25, 0.3) is 0 Å². The van der Waals surface area contributed by atoms with E-state index in [9.17, 15) is 4.79 Å². The van der Waals surface area contributed by atoms with Crippen molar-refractivity contribution in [3.05, 3.63) is 29.8 Å². The molecule has 1 amide bonds. The summed E-state index contributed by atoms with van der Waals surface area (Å²) in [4.78, 5) is 11.8. The van der Waals surface area contributed by atoms with Crippen molar-refractivity contribution in [2.24, 2.45) is 5.73 Å². The Kier molecular flexibility index (Phi) is 6.83. The first-order chi connectivity index (χ1) is 8.65. The van der Waals surface area contributed by atoms with E-state index in [4.69, 9.17) is 5.73 Å². The minimum absolute atomic E-state index is 0.0603. The second kappa shape index (κ2) is 8.16. The summed E-state index contributed by atoms with van der Waals surface area (Å²) in [6.45, 7) is 4.94. The molecule has 3 nitrogen and oxygen atoms in total. The van der Waals surface area contributed by atoms with Crippen molar-refractivity contribution < 1.29 is 4.79 Å². The number of nitrogens with two attached hydrogens (primary N) is 1. The lowest BCUT2D eigenvalue weighted by molar-refractivity contribution is -0.113. The summed E-state index contributed by atoms with van der Waals surface area (Å²) in [7, 11) is 0. The van der Waals surface area contributed by atoms with Crippen LogP contribution in [0.2, 0.25) is 0 Å². The van der Waals surface area contributed by atoms with Crippen molar-refractivity contribution in [2.45, 2.75) is 26.2 Å². The Morgan fingerprint density at radius 2 is 2.11 bits per heavy atom. The van der Waals surface area contributed by atoms with Crippen LogP contribution in [0, 0.1) is 0 Å². The van der Waals surface area contributed by atoms with E-state index in [1.54, 1.807) is 11.8 Å². The maximum atomic E-state index is 11.8. The van der Waals surface area contributed by atoms with Crippen molar-refractivity contribution >= 4 is 23.4 Å². The number of thioether (sulfide) groups is 1. The molecule has 0 radical (unpaired) electrons. The van der Waals surface area contributed by atoms with Crippen LogP contribution in [0.4, 0.5) is 5.69 Å². The Balaban J connectivity index is 2.49. The SMILES string of the molecule is CC(C)c1ccccc1NC(=O)CSCCCN. The van der Waals surface area contributed by atoms with Gasteiger partial charge in [0.1, 0.15) is 0 Å². The molecule has 0 aliphatic carbocycles. The van der Waals surface area contributed by atoms with Gasteiger partial charge in [-0.1, -0.05) is 32.0 Å². The van der Waals surface area contributed by atoms with Gasteiger partial charge in [-0.05, 0) is 36.3 Å². The molecular formula is C14H22N2OS. The fourth-order valence-corrected chi connectivity index (χ4v) is 2.42. The van der Waals surface area contributed by atoms with E-state index >= 15 is 0 Å². The molecular weight excluding hydrogens is 244 g/mol. The molecule has 0 saturated carbocycles. The van der Waals surface area contributed by atoms with E-state index in [0.717, 1.165) is 17.9 Å². The minimum atomic E-state index is 0.0603. The number of para-hydroxylation sites is 1. The molecule has 0 bridgehead atoms. The molecule has 0 unspecified atom stereocenters. The van der Waals surface area contributed by atoms with E-state index in [1.165, 1.54) is 5.56 Å². The van der Waals surface area contributed by atoms with Gasteiger partial charge < -0.3 is 11.1 Å². The number of hydrogen-bond donors (Lipinski definition) is 2. The van der Waals surface area contributed by atoms with Gasteiger partial charge in [-0.25, -0.2) is 0 Å². The molecule has 0 saturated heterocycles. The van der Waals surface area contributed by atoms with Gasteiger partial charge in [-0.2, -0.15) is 11.8 Å². The van der Waals surface area contributed by atoms with Crippen LogP contribution in [-0.2, 0) is 4.79 Å². The summed E-state index contributed by atoms with van der Waals surface area (Å²) in [6.07, 6.45) is 0.959. The molecule has 1 aromatic carbocycles. The highest BCUT2D eigenvalue weighted by Crippen LogP contribution is 2.23. The van der Waals surface area contributed by atoms with Crippen LogP contribution in [0.15, 0.2) is 24.3 Å². The number of benzene rings is 1. The zero-order valence-corrected chi connectivity index (χ0v) is 11.9. The summed E-state index contributed by atoms with van der Waals surface area (Å²) in [5, 5.41) is 2.98. The van der Waals surface area contributed by atoms with E-state index in [0.29, 0.717) is 18.2 Å². The van der Waals surface area contributed by atoms with E-state index in [-0.39, 0.29) is 5.91 Å². The molecule has 1 rings (SSSR count). The molecule has 18 heavy (non-hydrogen) atoms. The van der Waals surface area contributed by atoms with Gasteiger partial charge in [0.2, 0.25) is 5.91 Å². The van der Waals surface area contributed by atoms with Crippen molar-refractivity contribution in [3.8, 4) is 0 Å². The molecule has 0 fully saturated rings. The van der Waals surface area contributed by atoms with Crippen LogP contribution in [0.3, 0.4) is 0 Å². The first-order valence-corrected chi connectivity index (χ1v) is 7.47. The molecule has 0 spiro atoms. The number of anilines is 1. The number of hydrogen-bond acceptors (Lipinski definition) is 3. The van der Waals surface area contributed by atoms with Gasteiger partial charge in [0.05, 0.1) is 5.75 Å². The van der Waals surface area contributed by atoms with Gasteiger partial charge in [0.25, 0.3) is 0 Å². The van der Waals surface area contributed by atoms with Crippen molar-refractivity contribution in [3.63, 3.8) is 0 Å². The molecule has 3 N–H and O–H groups in total. The highest BCUT2D eigenvalue weighted by molar-refractivity contribution is 7.99. The van der Waals surface area contributed by atoms with E-state index < -0.39 is 0 Å². The number of nitrogens with one attached hydrogen (secondary N) is 1. The standard InChI is InChI=1S/C14H22N2OS/c1-11(2)12-6-3-4-7-13(12)16-14(17)10-18-9-5-8-15/h3-4,6-7,11H,5,8-10,15H2,1-2H3,(H,16,17). The topological polar surface area (TPSA) is 55.1 Å². The minimum Gasteiger partial charge on any atom is -0.330 e. The largest absolute Gasteiger partial charge is 0.330 e. The van der Waals surface area contributed by atoms with E-state index in [2.05, 4.69) is 25.2 Å². The van der Waals surface area contributed by atoms with Crippen LogP contribution >= 0.6 is 11.8 Å². The van der Waals surface area contributed by atoms with E-state index in [1.807, 2.05) is 18.2 Å². The summed E-state index contributed by atoms with van der Waals surface area (Å²) in [6, 6.07) is 7.96. The Morgan fingerprint density at radius 1 is 1.39 bits per heavy atom. The lowest BCUT2D eigenvalue weighted by Crippen LogP contribution is -2.16. The predicted octanol–water partition coefficient (Wildman–Crippen LogP) is 2.83. The number of rotatable bonds is 7. The Hall–Kier alpha value is -1.000. The maximum Gasteiger partial charge on any atom is 0.234 e. The van der Waals surface area contributed by atoms with Crippen LogP contribution < -0.4 is 11.1 Å². The highest BCUT2D eigenvalue weighted by Gasteiger charge is 2.08. The van der Waals surface area contributed by atoms with Crippen molar-refractivity contribution in [2.75, 3.05) is 23.4 Å². The normalized spacial score (nSPS) is 10.7. The molecule has 0 aromatic heterocycles. The first kappa shape index (κ1) is 15.1. The summed E-state index contributed by atoms with van der Waals surface area (Å²) in [5.74, 6) is 1.90. The predicted molar refractivity (Wildman–Crippen MR) is 80.2 cm³/mol. The summed E-state index contributed by atoms with van der Waals surface area (Å²) < 4.78 is 0. The highest BCUT2D eigenvalue weighted by atomic mass is 32.2. The molecule has 0 aliphatic heterocycles. The number of carbonyl (C=O) groups is 1. The monoisotopic (exact) mass is 266 g/mol. The Morgan fingerprint density at radius 3 is 2.78 bits per heavy atom. The molecule has 0 atom stereocenters. The molecule has 0 aliphatic rings. The second-order valence-electron chi connectivity index (χ2n) is 4.48. The average Bonchev–Trinajstić information content (AvgIpc) is 2.35. The zero-order valence-electron chi connectivity index (χ0n) is 11.1. The van der Waals surface area contributed by atoms with Gasteiger partial charge in [-0.3, -0.25) is 4.79 Å². The van der Waals surface area contributed by atoms with Crippen molar-refractivity contribution in [1.29, 1.82) is 0 Å². The zero-order chi connectivity index (χ0) is 13.4. The van der Waals surface area contributed by atoms with Crippen molar-refractivity contribution in [1.82, 2.24) is 0 Å². The third-order valence-electron chi connectivity index (χ3n) is 2.58.